The van der Waals surface area contributed by atoms with Crippen LogP contribution in [0, 0.1) is 0 Å². The van der Waals surface area contributed by atoms with E-state index >= 15 is 0 Å². The Labute approximate surface area is 168 Å². The fourth-order valence-corrected chi connectivity index (χ4v) is 3.58. The summed E-state index contributed by atoms with van der Waals surface area (Å²) >= 11 is 0. The molecule has 0 atom stereocenters. The first-order valence-corrected chi connectivity index (χ1v) is 9.55. The summed E-state index contributed by atoms with van der Waals surface area (Å²) < 4.78 is 7.86. The monoisotopic (exact) mass is 383 g/mol. The maximum atomic E-state index is 6.00. The van der Waals surface area contributed by atoms with E-state index in [1.807, 2.05) is 41.3 Å². The van der Waals surface area contributed by atoms with Gasteiger partial charge in [0.1, 0.15) is 11.3 Å². The molecule has 2 aromatic carbocycles. The summed E-state index contributed by atoms with van der Waals surface area (Å²) in [4.78, 5) is 2.26. The van der Waals surface area contributed by atoms with Crippen LogP contribution in [0.4, 0.5) is 0 Å². The molecule has 0 radical (unpaired) electrons. The number of para-hydroxylation sites is 1. The summed E-state index contributed by atoms with van der Waals surface area (Å²) in [5.41, 5.74) is 5.23. The highest BCUT2D eigenvalue weighted by Gasteiger charge is 2.14. The third kappa shape index (κ3) is 3.58. The molecule has 0 saturated heterocycles. The molecule has 0 spiro atoms. The number of H-pyrrole nitrogens is 1. The zero-order chi connectivity index (χ0) is 19.6. The molecular weight excluding hydrogens is 362 g/mol. The predicted molar refractivity (Wildman–Crippen MR) is 113 cm³/mol. The molecule has 0 amide bonds. The van der Waals surface area contributed by atoms with E-state index in [4.69, 9.17) is 4.42 Å². The van der Waals surface area contributed by atoms with Crippen LogP contribution in [0.5, 0.6) is 0 Å². The van der Waals surface area contributed by atoms with E-state index in [0.29, 0.717) is 0 Å². The van der Waals surface area contributed by atoms with E-state index in [2.05, 4.69) is 63.6 Å². The van der Waals surface area contributed by atoms with Crippen molar-refractivity contribution in [2.75, 3.05) is 7.05 Å². The Morgan fingerprint density at radius 2 is 1.90 bits per heavy atom. The van der Waals surface area contributed by atoms with Gasteiger partial charge in [-0.3, -0.25) is 10.00 Å². The van der Waals surface area contributed by atoms with Crippen LogP contribution in [-0.4, -0.2) is 31.9 Å². The lowest BCUT2D eigenvalue weighted by Gasteiger charge is -2.16. The van der Waals surface area contributed by atoms with E-state index < -0.39 is 0 Å². The van der Waals surface area contributed by atoms with Crippen LogP contribution in [0.1, 0.15) is 11.1 Å². The standard InChI is InChI=1S/C23H21N5O/c1-27(15-17-7-9-20(10-8-17)28-12-4-11-25-28)16-19-14-24-26-23(19)22-13-18-5-2-3-6-21(18)29-22/h2-14H,15-16H2,1H3,(H,24,26). The Morgan fingerprint density at radius 1 is 1.03 bits per heavy atom. The fraction of sp³-hybridized carbons (Fsp3) is 0.130. The van der Waals surface area contributed by atoms with Gasteiger partial charge in [-0.1, -0.05) is 30.3 Å². The van der Waals surface area contributed by atoms with E-state index in [-0.39, 0.29) is 0 Å². The highest BCUT2D eigenvalue weighted by molar-refractivity contribution is 5.82. The summed E-state index contributed by atoms with van der Waals surface area (Å²) in [6.45, 7) is 1.61. The van der Waals surface area contributed by atoms with Crippen molar-refractivity contribution in [1.29, 1.82) is 0 Å². The van der Waals surface area contributed by atoms with Gasteiger partial charge in [0.25, 0.3) is 0 Å². The number of hydrogen-bond acceptors (Lipinski definition) is 4. The van der Waals surface area contributed by atoms with E-state index in [1.165, 1.54) is 5.56 Å². The largest absolute Gasteiger partial charge is 0.454 e. The lowest BCUT2D eigenvalue weighted by molar-refractivity contribution is 0.319. The normalized spacial score (nSPS) is 11.5. The SMILES string of the molecule is CN(Cc1ccc(-n2cccn2)cc1)Cc1cn[nH]c1-c1cc2ccccc2o1. The summed E-state index contributed by atoms with van der Waals surface area (Å²) in [6.07, 6.45) is 5.60. The summed E-state index contributed by atoms with van der Waals surface area (Å²) in [6, 6.07) is 20.5. The summed E-state index contributed by atoms with van der Waals surface area (Å²) in [7, 11) is 2.11. The Balaban J connectivity index is 1.30. The molecule has 1 N–H and O–H groups in total. The molecule has 6 nitrogen and oxygen atoms in total. The number of hydrogen-bond donors (Lipinski definition) is 1. The molecule has 0 bridgehead atoms. The van der Waals surface area contributed by atoms with Crippen molar-refractivity contribution < 1.29 is 4.42 Å². The maximum absolute atomic E-state index is 6.00. The molecule has 5 aromatic rings. The van der Waals surface area contributed by atoms with Crippen LogP contribution in [0.2, 0.25) is 0 Å². The number of benzene rings is 2. The minimum Gasteiger partial charge on any atom is -0.454 e. The molecule has 0 aliphatic heterocycles. The molecule has 29 heavy (non-hydrogen) atoms. The lowest BCUT2D eigenvalue weighted by atomic mass is 10.1. The Hall–Kier alpha value is -3.64. The van der Waals surface area contributed by atoms with Crippen molar-refractivity contribution in [3.05, 3.63) is 90.4 Å². The molecular formula is C23H21N5O. The van der Waals surface area contributed by atoms with Gasteiger partial charge in [-0.25, -0.2) is 4.68 Å². The molecule has 3 aromatic heterocycles. The van der Waals surface area contributed by atoms with Crippen molar-refractivity contribution >= 4 is 11.0 Å². The number of fused-ring (bicyclic) bond motifs is 1. The van der Waals surface area contributed by atoms with Gasteiger partial charge in [-0.2, -0.15) is 10.2 Å². The number of nitrogens with one attached hydrogen (secondary N) is 1. The number of nitrogens with zero attached hydrogens (tertiary/aromatic N) is 4. The number of aromatic nitrogens is 4. The van der Waals surface area contributed by atoms with Gasteiger partial charge in [0.05, 0.1) is 11.9 Å². The van der Waals surface area contributed by atoms with Crippen LogP contribution in [0.3, 0.4) is 0 Å². The molecule has 6 heteroatoms. The van der Waals surface area contributed by atoms with Gasteiger partial charge >= 0.3 is 0 Å². The predicted octanol–water partition coefficient (Wildman–Crippen LogP) is 4.64. The van der Waals surface area contributed by atoms with Gasteiger partial charge in [0.15, 0.2) is 5.76 Å². The van der Waals surface area contributed by atoms with Crippen LogP contribution < -0.4 is 0 Å². The van der Waals surface area contributed by atoms with Crippen molar-refractivity contribution in [2.24, 2.45) is 0 Å². The quantitative estimate of drug-likeness (QED) is 0.464. The maximum Gasteiger partial charge on any atom is 0.153 e. The number of rotatable bonds is 6. The van der Waals surface area contributed by atoms with Gasteiger partial charge in [-0.15, -0.1) is 0 Å². The van der Waals surface area contributed by atoms with Crippen LogP contribution >= 0.6 is 0 Å². The zero-order valence-corrected chi connectivity index (χ0v) is 16.1. The minimum atomic E-state index is 0.768. The van der Waals surface area contributed by atoms with Crippen molar-refractivity contribution in [3.63, 3.8) is 0 Å². The zero-order valence-electron chi connectivity index (χ0n) is 16.1. The molecule has 0 saturated carbocycles. The average Bonchev–Trinajstić information content (AvgIpc) is 3.48. The molecule has 0 fully saturated rings. The van der Waals surface area contributed by atoms with E-state index in [0.717, 1.165) is 46.8 Å². The Bertz CT molecular complexity index is 1180. The Kier molecular flexibility index (Phi) is 4.46. The fourth-order valence-electron chi connectivity index (χ4n) is 3.58. The van der Waals surface area contributed by atoms with Gasteiger partial charge < -0.3 is 4.42 Å². The van der Waals surface area contributed by atoms with Crippen molar-refractivity contribution in [2.45, 2.75) is 13.1 Å². The molecule has 0 aliphatic rings. The van der Waals surface area contributed by atoms with Crippen molar-refractivity contribution in [1.82, 2.24) is 24.9 Å². The Morgan fingerprint density at radius 3 is 2.69 bits per heavy atom. The van der Waals surface area contributed by atoms with Gasteiger partial charge in [0.2, 0.25) is 0 Å². The summed E-state index contributed by atoms with van der Waals surface area (Å²) in [5, 5.41) is 12.7. The second-order valence-corrected chi connectivity index (χ2v) is 7.21. The third-order valence-electron chi connectivity index (χ3n) is 4.99. The number of furan rings is 1. The van der Waals surface area contributed by atoms with Crippen LogP contribution in [-0.2, 0) is 13.1 Å². The molecule has 0 unspecified atom stereocenters. The van der Waals surface area contributed by atoms with E-state index in [9.17, 15) is 0 Å². The van der Waals surface area contributed by atoms with Crippen molar-refractivity contribution in [3.8, 4) is 17.1 Å². The first kappa shape index (κ1) is 17.5. The minimum absolute atomic E-state index is 0.768. The lowest BCUT2D eigenvalue weighted by Crippen LogP contribution is -2.17. The molecule has 3 heterocycles. The van der Waals surface area contributed by atoms with Gasteiger partial charge in [-0.05, 0) is 42.9 Å². The second kappa shape index (κ2) is 7.41. The van der Waals surface area contributed by atoms with Crippen LogP contribution in [0.25, 0.3) is 28.1 Å². The molecule has 0 aliphatic carbocycles. The number of aromatic amines is 1. The topological polar surface area (TPSA) is 62.9 Å². The summed E-state index contributed by atoms with van der Waals surface area (Å²) in [5.74, 6) is 0.815. The smallest absolute Gasteiger partial charge is 0.153 e. The third-order valence-corrected chi connectivity index (χ3v) is 4.99. The van der Waals surface area contributed by atoms with Crippen LogP contribution in [0.15, 0.2) is 83.7 Å². The molecule has 5 rings (SSSR count). The second-order valence-electron chi connectivity index (χ2n) is 7.21. The van der Waals surface area contributed by atoms with E-state index in [1.54, 1.807) is 6.20 Å². The van der Waals surface area contributed by atoms with Gasteiger partial charge in [0, 0.05) is 36.4 Å². The first-order valence-electron chi connectivity index (χ1n) is 9.55. The highest BCUT2D eigenvalue weighted by Crippen LogP contribution is 2.29. The highest BCUT2D eigenvalue weighted by atomic mass is 16.3. The average molecular weight is 383 g/mol. The molecule has 144 valence electrons. The first-order chi connectivity index (χ1) is 14.3.